The highest BCUT2D eigenvalue weighted by atomic mass is 16.5. The number of carbonyl (C=O) groups is 2. The Hall–Kier alpha value is -2.24. The van der Waals surface area contributed by atoms with Crippen molar-refractivity contribution in [3.05, 3.63) is 24.3 Å². The Morgan fingerprint density at radius 1 is 1.25 bits per heavy atom. The molecule has 0 saturated heterocycles. The van der Waals surface area contributed by atoms with E-state index in [1.807, 2.05) is 0 Å². The van der Waals surface area contributed by atoms with Crippen LogP contribution < -0.4 is 15.4 Å². The van der Waals surface area contributed by atoms with Gasteiger partial charge in [-0.15, -0.1) is 0 Å². The van der Waals surface area contributed by atoms with Crippen LogP contribution >= 0.6 is 0 Å². The summed E-state index contributed by atoms with van der Waals surface area (Å²) in [4.78, 5) is 21.8. The predicted octanol–water partition coefficient (Wildman–Crippen LogP) is 2.07. The van der Waals surface area contributed by atoms with Gasteiger partial charge < -0.3 is 20.5 Å². The van der Waals surface area contributed by atoms with Crippen LogP contribution in [0.15, 0.2) is 24.3 Å². The Morgan fingerprint density at radius 2 is 1.95 bits per heavy atom. The summed E-state index contributed by atoms with van der Waals surface area (Å²) in [6.07, 6.45) is 2.40. The molecule has 6 nitrogen and oxygen atoms in total. The molecule has 0 atom stereocenters. The molecule has 0 aromatic heterocycles. The number of aliphatic carboxylic acids is 1. The lowest BCUT2D eigenvalue weighted by Crippen LogP contribution is -2.30. The van der Waals surface area contributed by atoms with Crippen LogP contribution in [0, 0.1) is 5.92 Å². The SMILES string of the molecule is O=C(O)CCNC(=O)Nc1ccc(OCC2CC2)cc1. The molecule has 2 rings (SSSR count). The minimum Gasteiger partial charge on any atom is -0.493 e. The summed E-state index contributed by atoms with van der Waals surface area (Å²) in [6.45, 7) is 0.853. The van der Waals surface area contributed by atoms with E-state index in [0.717, 1.165) is 12.4 Å². The molecule has 1 fully saturated rings. The van der Waals surface area contributed by atoms with Crippen molar-refractivity contribution in [2.24, 2.45) is 5.92 Å². The summed E-state index contributed by atoms with van der Waals surface area (Å²) in [7, 11) is 0. The first-order valence-electron chi connectivity index (χ1n) is 6.63. The number of hydrogen-bond donors (Lipinski definition) is 3. The van der Waals surface area contributed by atoms with Crippen LogP contribution in [0.4, 0.5) is 10.5 Å². The van der Waals surface area contributed by atoms with Crippen LogP contribution in [0.1, 0.15) is 19.3 Å². The van der Waals surface area contributed by atoms with E-state index in [2.05, 4.69) is 10.6 Å². The molecule has 1 aromatic rings. The van der Waals surface area contributed by atoms with Crippen molar-refractivity contribution < 1.29 is 19.4 Å². The maximum Gasteiger partial charge on any atom is 0.319 e. The van der Waals surface area contributed by atoms with Crippen molar-refractivity contribution in [2.75, 3.05) is 18.5 Å². The van der Waals surface area contributed by atoms with Crippen LogP contribution in [-0.4, -0.2) is 30.3 Å². The van der Waals surface area contributed by atoms with Gasteiger partial charge in [0.2, 0.25) is 0 Å². The van der Waals surface area contributed by atoms with Gasteiger partial charge in [-0.1, -0.05) is 0 Å². The average molecular weight is 278 g/mol. The Bertz CT molecular complexity index is 469. The first-order chi connectivity index (χ1) is 9.63. The third-order valence-electron chi connectivity index (χ3n) is 2.92. The highest BCUT2D eigenvalue weighted by Crippen LogP contribution is 2.29. The second-order valence-corrected chi connectivity index (χ2v) is 4.80. The molecule has 108 valence electrons. The average Bonchev–Trinajstić information content (AvgIpc) is 3.21. The molecular formula is C14H18N2O4. The molecule has 0 bridgehead atoms. The van der Waals surface area contributed by atoms with Gasteiger partial charge in [-0.25, -0.2) is 4.79 Å². The molecule has 6 heteroatoms. The summed E-state index contributed by atoms with van der Waals surface area (Å²) in [5, 5.41) is 13.5. The molecule has 0 aliphatic heterocycles. The third-order valence-corrected chi connectivity index (χ3v) is 2.92. The quantitative estimate of drug-likeness (QED) is 0.712. The minimum atomic E-state index is -0.942. The van der Waals surface area contributed by atoms with E-state index in [1.165, 1.54) is 12.8 Å². The molecule has 3 N–H and O–H groups in total. The zero-order valence-electron chi connectivity index (χ0n) is 11.1. The monoisotopic (exact) mass is 278 g/mol. The van der Waals surface area contributed by atoms with E-state index in [1.54, 1.807) is 24.3 Å². The summed E-state index contributed by atoms with van der Waals surface area (Å²) >= 11 is 0. The van der Waals surface area contributed by atoms with Crippen molar-refractivity contribution in [3.63, 3.8) is 0 Å². The van der Waals surface area contributed by atoms with Gasteiger partial charge in [0.1, 0.15) is 5.75 Å². The lowest BCUT2D eigenvalue weighted by atomic mass is 10.3. The van der Waals surface area contributed by atoms with Gasteiger partial charge >= 0.3 is 12.0 Å². The molecule has 2 amide bonds. The molecular weight excluding hydrogens is 260 g/mol. The number of amides is 2. The van der Waals surface area contributed by atoms with Gasteiger partial charge in [0, 0.05) is 12.2 Å². The molecule has 0 unspecified atom stereocenters. The standard InChI is InChI=1S/C14H18N2O4/c17-13(18)7-8-15-14(19)16-11-3-5-12(6-4-11)20-9-10-1-2-10/h3-6,10H,1-2,7-9H2,(H,17,18)(H2,15,16,19). The number of urea groups is 1. The highest BCUT2D eigenvalue weighted by Gasteiger charge is 2.21. The van der Waals surface area contributed by atoms with E-state index >= 15 is 0 Å². The Kier molecular flexibility index (Phi) is 4.81. The molecule has 20 heavy (non-hydrogen) atoms. The minimum absolute atomic E-state index is 0.0959. The second-order valence-electron chi connectivity index (χ2n) is 4.80. The molecule has 1 aromatic carbocycles. The summed E-state index contributed by atoms with van der Waals surface area (Å²) in [5.41, 5.74) is 0.636. The Morgan fingerprint density at radius 3 is 2.55 bits per heavy atom. The normalized spacial score (nSPS) is 13.6. The summed E-state index contributed by atoms with van der Waals surface area (Å²) < 4.78 is 5.59. The van der Waals surface area contributed by atoms with E-state index in [0.29, 0.717) is 11.6 Å². The largest absolute Gasteiger partial charge is 0.493 e. The van der Waals surface area contributed by atoms with Crippen LogP contribution in [0.2, 0.25) is 0 Å². The van der Waals surface area contributed by atoms with Crippen LogP contribution in [-0.2, 0) is 4.79 Å². The fourth-order valence-corrected chi connectivity index (χ4v) is 1.59. The smallest absolute Gasteiger partial charge is 0.319 e. The molecule has 1 aliphatic carbocycles. The molecule has 0 spiro atoms. The fraction of sp³-hybridized carbons (Fsp3) is 0.429. The number of carboxylic acid groups (broad SMARTS) is 1. The molecule has 1 saturated carbocycles. The van der Waals surface area contributed by atoms with Crippen LogP contribution in [0.5, 0.6) is 5.75 Å². The molecule has 1 aliphatic rings. The Labute approximate surface area is 117 Å². The zero-order chi connectivity index (χ0) is 14.4. The van der Waals surface area contributed by atoms with Gasteiger partial charge in [0.05, 0.1) is 13.0 Å². The van der Waals surface area contributed by atoms with Crippen molar-refractivity contribution in [1.82, 2.24) is 5.32 Å². The predicted molar refractivity (Wildman–Crippen MR) is 73.9 cm³/mol. The van der Waals surface area contributed by atoms with Gasteiger partial charge in [0.15, 0.2) is 0 Å². The van der Waals surface area contributed by atoms with Gasteiger partial charge in [-0.3, -0.25) is 4.79 Å². The molecule has 0 radical (unpaired) electrons. The van der Waals surface area contributed by atoms with Gasteiger partial charge in [-0.05, 0) is 43.0 Å². The molecule has 0 heterocycles. The number of anilines is 1. The van der Waals surface area contributed by atoms with Crippen LogP contribution in [0.3, 0.4) is 0 Å². The summed E-state index contributed by atoms with van der Waals surface area (Å²) in [6, 6.07) is 6.68. The number of hydrogen-bond acceptors (Lipinski definition) is 3. The first-order valence-corrected chi connectivity index (χ1v) is 6.63. The van der Waals surface area contributed by atoms with E-state index < -0.39 is 12.0 Å². The zero-order valence-corrected chi connectivity index (χ0v) is 11.1. The number of carbonyl (C=O) groups excluding carboxylic acids is 1. The van der Waals surface area contributed by atoms with Crippen molar-refractivity contribution in [2.45, 2.75) is 19.3 Å². The first kappa shape index (κ1) is 14.2. The maximum atomic E-state index is 11.5. The van der Waals surface area contributed by atoms with Crippen LogP contribution in [0.25, 0.3) is 0 Å². The second kappa shape index (κ2) is 6.79. The number of carboxylic acids is 1. The Balaban J connectivity index is 1.71. The number of rotatable bonds is 7. The van der Waals surface area contributed by atoms with E-state index in [9.17, 15) is 9.59 Å². The highest BCUT2D eigenvalue weighted by molar-refractivity contribution is 5.89. The van der Waals surface area contributed by atoms with Crippen molar-refractivity contribution in [3.8, 4) is 5.75 Å². The topological polar surface area (TPSA) is 87.7 Å². The third kappa shape index (κ3) is 5.17. The number of benzene rings is 1. The fourth-order valence-electron chi connectivity index (χ4n) is 1.59. The van der Waals surface area contributed by atoms with Crippen molar-refractivity contribution >= 4 is 17.7 Å². The van der Waals surface area contributed by atoms with E-state index in [-0.39, 0.29) is 13.0 Å². The van der Waals surface area contributed by atoms with Crippen molar-refractivity contribution in [1.29, 1.82) is 0 Å². The van der Waals surface area contributed by atoms with E-state index in [4.69, 9.17) is 9.84 Å². The number of ether oxygens (including phenoxy) is 1. The lowest BCUT2D eigenvalue weighted by Gasteiger charge is -2.08. The van der Waals surface area contributed by atoms with Gasteiger partial charge in [-0.2, -0.15) is 0 Å². The van der Waals surface area contributed by atoms with Gasteiger partial charge in [0.25, 0.3) is 0 Å². The maximum absolute atomic E-state index is 11.5. The number of nitrogens with one attached hydrogen (secondary N) is 2. The lowest BCUT2D eigenvalue weighted by molar-refractivity contribution is -0.136. The summed E-state index contributed by atoms with van der Waals surface area (Å²) in [5.74, 6) is 0.545.